The molecule has 0 bridgehead atoms. The van der Waals surface area contributed by atoms with E-state index in [9.17, 15) is 13.2 Å². The van der Waals surface area contributed by atoms with Crippen LogP contribution >= 0.6 is 0 Å². The number of ether oxygens (including phenoxy) is 1. The first kappa shape index (κ1) is 16.0. The predicted molar refractivity (Wildman–Crippen MR) is 80.5 cm³/mol. The van der Waals surface area contributed by atoms with Gasteiger partial charge in [0.2, 0.25) is 0 Å². The van der Waals surface area contributed by atoms with Gasteiger partial charge in [0.05, 0.1) is 5.39 Å². The molecule has 2 aromatic rings. The Morgan fingerprint density at radius 2 is 2.00 bits per heavy atom. The van der Waals surface area contributed by atoms with Crippen molar-refractivity contribution < 1.29 is 17.9 Å². The summed E-state index contributed by atoms with van der Waals surface area (Å²) in [5.74, 6) is 0.694. The topological polar surface area (TPSA) is 54.0 Å². The highest BCUT2D eigenvalue weighted by molar-refractivity contribution is 5.90. The predicted octanol–water partition coefficient (Wildman–Crippen LogP) is 3.07. The third kappa shape index (κ3) is 2.54. The molecule has 0 unspecified atom stereocenters. The number of H-pyrrole nitrogens is 1. The first-order valence-corrected chi connectivity index (χ1v) is 7.59. The molecule has 126 valence electrons. The van der Waals surface area contributed by atoms with E-state index in [1.165, 1.54) is 6.33 Å². The summed E-state index contributed by atoms with van der Waals surface area (Å²) in [4.78, 5) is 13.5. The highest BCUT2D eigenvalue weighted by Crippen LogP contribution is 2.42. The zero-order chi connectivity index (χ0) is 16.7. The molecule has 0 amide bonds. The van der Waals surface area contributed by atoms with Crippen molar-refractivity contribution in [2.24, 2.45) is 0 Å². The summed E-state index contributed by atoms with van der Waals surface area (Å²) in [6.45, 7) is 2.51. The van der Waals surface area contributed by atoms with Crippen molar-refractivity contribution in [2.75, 3.05) is 25.1 Å². The van der Waals surface area contributed by atoms with E-state index in [0.717, 1.165) is 24.5 Å². The number of hydrogen-bond donors (Lipinski definition) is 1. The normalized spacial score (nSPS) is 18.6. The summed E-state index contributed by atoms with van der Waals surface area (Å²) in [6.07, 6.45) is -0.456. The Bertz CT molecular complexity index is 690. The highest BCUT2D eigenvalue weighted by atomic mass is 19.4. The molecule has 5 nitrogen and oxygen atoms in total. The van der Waals surface area contributed by atoms with Crippen LogP contribution in [0.3, 0.4) is 0 Å². The van der Waals surface area contributed by atoms with Crippen LogP contribution in [-0.4, -0.2) is 46.9 Å². The van der Waals surface area contributed by atoms with Gasteiger partial charge in [-0.15, -0.1) is 0 Å². The molecule has 1 aliphatic heterocycles. The van der Waals surface area contributed by atoms with Crippen LogP contribution in [-0.2, 0) is 11.2 Å². The van der Waals surface area contributed by atoms with Crippen LogP contribution in [0.4, 0.5) is 19.0 Å². The maximum Gasteiger partial charge on any atom is 0.417 e. The summed E-state index contributed by atoms with van der Waals surface area (Å²) in [7, 11) is 1.13. The Morgan fingerprint density at radius 1 is 1.30 bits per heavy atom. The fraction of sp³-hybridized carbons (Fsp3) is 0.600. The SMILES string of the molecule is CCc1c[nH]c2ncnc(N3CCC(OC)(C(F)(F)F)CC3)c12. The molecule has 8 heteroatoms. The van der Waals surface area contributed by atoms with Crippen LogP contribution in [0.5, 0.6) is 0 Å². The summed E-state index contributed by atoms with van der Waals surface area (Å²) in [5.41, 5.74) is -0.275. The third-order valence-corrected chi connectivity index (χ3v) is 4.69. The van der Waals surface area contributed by atoms with Gasteiger partial charge in [-0.1, -0.05) is 6.92 Å². The molecule has 2 aromatic heterocycles. The van der Waals surface area contributed by atoms with E-state index < -0.39 is 11.8 Å². The van der Waals surface area contributed by atoms with Gasteiger partial charge in [-0.05, 0) is 12.0 Å². The lowest BCUT2D eigenvalue weighted by Crippen LogP contribution is -2.54. The number of alkyl halides is 3. The fourth-order valence-corrected chi connectivity index (χ4v) is 3.21. The monoisotopic (exact) mass is 328 g/mol. The van der Waals surface area contributed by atoms with Gasteiger partial charge >= 0.3 is 6.18 Å². The number of halogens is 3. The minimum atomic E-state index is -4.36. The van der Waals surface area contributed by atoms with E-state index in [-0.39, 0.29) is 25.9 Å². The lowest BCUT2D eigenvalue weighted by Gasteiger charge is -2.42. The molecule has 1 N–H and O–H groups in total. The number of aromatic amines is 1. The summed E-state index contributed by atoms with van der Waals surface area (Å²) in [6, 6.07) is 0. The van der Waals surface area contributed by atoms with E-state index in [2.05, 4.69) is 15.0 Å². The van der Waals surface area contributed by atoms with E-state index in [0.29, 0.717) is 11.5 Å². The van der Waals surface area contributed by atoms with E-state index in [1.54, 1.807) is 0 Å². The average molecular weight is 328 g/mol. The number of methoxy groups -OCH3 is 1. The maximum atomic E-state index is 13.3. The standard InChI is InChI=1S/C15H19F3N4O/c1-3-10-8-19-12-11(10)13(21-9-20-12)22-6-4-14(23-2,5-7-22)15(16,17)18/h8-9H,3-7H2,1-2H3,(H,19,20,21). The Labute approximate surface area is 131 Å². The number of hydrogen-bond acceptors (Lipinski definition) is 4. The molecule has 1 fully saturated rings. The molecule has 1 aliphatic rings. The quantitative estimate of drug-likeness (QED) is 0.941. The van der Waals surface area contributed by atoms with Gasteiger partial charge in [0.1, 0.15) is 17.8 Å². The molecule has 0 radical (unpaired) electrons. The summed E-state index contributed by atoms with van der Waals surface area (Å²) in [5, 5.41) is 0.895. The summed E-state index contributed by atoms with van der Waals surface area (Å²) < 4.78 is 44.7. The molecule has 0 spiro atoms. The van der Waals surface area contributed by atoms with Gasteiger partial charge < -0.3 is 14.6 Å². The van der Waals surface area contributed by atoms with Gasteiger partial charge in [-0.25, -0.2) is 9.97 Å². The Balaban J connectivity index is 1.90. The van der Waals surface area contributed by atoms with E-state index >= 15 is 0 Å². The molecule has 23 heavy (non-hydrogen) atoms. The second kappa shape index (κ2) is 5.67. The van der Waals surface area contributed by atoms with Crippen LogP contribution < -0.4 is 4.90 Å². The lowest BCUT2D eigenvalue weighted by molar-refractivity contribution is -0.276. The van der Waals surface area contributed by atoms with Crippen LogP contribution in [0.2, 0.25) is 0 Å². The number of nitrogens with one attached hydrogen (secondary N) is 1. The third-order valence-electron chi connectivity index (χ3n) is 4.69. The largest absolute Gasteiger partial charge is 0.417 e. The van der Waals surface area contributed by atoms with Crippen molar-refractivity contribution in [3.8, 4) is 0 Å². The first-order valence-electron chi connectivity index (χ1n) is 7.59. The number of fused-ring (bicyclic) bond motifs is 1. The fourth-order valence-electron chi connectivity index (χ4n) is 3.21. The smallest absolute Gasteiger partial charge is 0.369 e. The highest BCUT2D eigenvalue weighted by Gasteiger charge is 2.56. The van der Waals surface area contributed by atoms with Gasteiger partial charge in [-0.3, -0.25) is 0 Å². The van der Waals surface area contributed by atoms with Crippen molar-refractivity contribution in [1.29, 1.82) is 0 Å². The molecule has 3 rings (SSSR count). The number of piperidine rings is 1. The zero-order valence-electron chi connectivity index (χ0n) is 13.1. The zero-order valence-corrected chi connectivity index (χ0v) is 13.1. The molecule has 3 heterocycles. The van der Waals surface area contributed by atoms with Crippen LogP contribution in [0.15, 0.2) is 12.5 Å². The van der Waals surface area contributed by atoms with Gasteiger partial charge in [0.15, 0.2) is 5.60 Å². The minimum Gasteiger partial charge on any atom is -0.369 e. The molecule has 1 saturated heterocycles. The molecule has 0 atom stereocenters. The van der Waals surface area contributed by atoms with Crippen molar-refractivity contribution in [2.45, 2.75) is 38.0 Å². The second-order valence-electron chi connectivity index (χ2n) is 5.77. The molecule has 0 aliphatic carbocycles. The molecule has 0 aromatic carbocycles. The van der Waals surface area contributed by atoms with Crippen LogP contribution in [0, 0.1) is 0 Å². The number of rotatable bonds is 3. The van der Waals surface area contributed by atoms with Crippen LogP contribution in [0.1, 0.15) is 25.3 Å². The van der Waals surface area contributed by atoms with E-state index in [1.807, 2.05) is 18.0 Å². The summed E-state index contributed by atoms with van der Waals surface area (Å²) >= 11 is 0. The van der Waals surface area contributed by atoms with Crippen LogP contribution in [0.25, 0.3) is 11.0 Å². The molecular weight excluding hydrogens is 309 g/mol. The minimum absolute atomic E-state index is 0.107. The maximum absolute atomic E-state index is 13.3. The van der Waals surface area contributed by atoms with Crippen molar-refractivity contribution in [3.63, 3.8) is 0 Å². The van der Waals surface area contributed by atoms with Gasteiger partial charge in [0.25, 0.3) is 0 Å². The Kier molecular flexibility index (Phi) is 3.95. The van der Waals surface area contributed by atoms with E-state index in [4.69, 9.17) is 4.74 Å². The van der Waals surface area contributed by atoms with Gasteiger partial charge in [0, 0.05) is 39.2 Å². The first-order chi connectivity index (χ1) is 10.9. The number of nitrogens with zero attached hydrogens (tertiary/aromatic N) is 3. The van der Waals surface area contributed by atoms with Crippen molar-refractivity contribution >= 4 is 16.9 Å². The number of aromatic nitrogens is 3. The molecular formula is C15H19F3N4O. The van der Waals surface area contributed by atoms with Gasteiger partial charge in [-0.2, -0.15) is 13.2 Å². The number of anilines is 1. The Hall–Kier alpha value is -1.83. The van der Waals surface area contributed by atoms with Crippen molar-refractivity contribution in [3.05, 3.63) is 18.1 Å². The van der Waals surface area contributed by atoms with Crippen molar-refractivity contribution in [1.82, 2.24) is 15.0 Å². The second-order valence-corrected chi connectivity index (χ2v) is 5.77. The lowest BCUT2D eigenvalue weighted by atomic mass is 9.90. The molecule has 0 saturated carbocycles. The average Bonchev–Trinajstić information content (AvgIpc) is 2.97. The number of aryl methyl sites for hydroxylation is 1. The Morgan fingerprint density at radius 3 is 2.57 bits per heavy atom.